The van der Waals surface area contributed by atoms with E-state index in [1.54, 1.807) is 36.1 Å². The molecule has 1 amide bonds. The molecule has 1 aliphatic heterocycles. The zero-order valence-corrected chi connectivity index (χ0v) is 13.6. The van der Waals surface area contributed by atoms with Crippen molar-refractivity contribution in [1.29, 1.82) is 0 Å². The number of ketones is 1. The van der Waals surface area contributed by atoms with Crippen LogP contribution in [0.2, 0.25) is 0 Å². The summed E-state index contributed by atoms with van der Waals surface area (Å²) in [7, 11) is 0. The van der Waals surface area contributed by atoms with Gasteiger partial charge in [-0.1, -0.05) is 6.92 Å². The second kappa shape index (κ2) is 8.44. The highest BCUT2D eigenvalue weighted by atomic mass is 16.5. The van der Waals surface area contributed by atoms with Crippen LogP contribution in [0.3, 0.4) is 0 Å². The van der Waals surface area contributed by atoms with E-state index >= 15 is 0 Å². The van der Waals surface area contributed by atoms with Crippen molar-refractivity contribution in [3.05, 3.63) is 29.8 Å². The Morgan fingerprint density at radius 1 is 1.21 bits per heavy atom. The lowest BCUT2D eigenvalue weighted by atomic mass is 9.96. The van der Waals surface area contributed by atoms with Crippen molar-refractivity contribution < 1.29 is 29.0 Å². The van der Waals surface area contributed by atoms with Gasteiger partial charge in [-0.05, 0) is 24.3 Å². The fraction of sp³-hybridized carbons (Fsp3) is 0.471. The summed E-state index contributed by atoms with van der Waals surface area (Å²) in [5.74, 6) is -1.43. The lowest BCUT2D eigenvalue weighted by Crippen LogP contribution is -2.42. The molecule has 0 aliphatic carbocycles. The van der Waals surface area contributed by atoms with Crippen LogP contribution in [0.5, 0.6) is 5.75 Å². The summed E-state index contributed by atoms with van der Waals surface area (Å²) in [6, 6.07) is 6.37. The molecule has 0 bridgehead atoms. The predicted molar refractivity (Wildman–Crippen MR) is 85.1 cm³/mol. The van der Waals surface area contributed by atoms with Gasteiger partial charge in [0.2, 0.25) is 0 Å². The zero-order chi connectivity index (χ0) is 17.5. The van der Waals surface area contributed by atoms with Gasteiger partial charge in [0.1, 0.15) is 5.75 Å². The quantitative estimate of drug-likeness (QED) is 0.753. The summed E-state index contributed by atoms with van der Waals surface area (Å²) >= 11 is 0. The number of Topliss-reactive ketones (excluding diaryl/α,β-unsaturated/α-hetero) is 1. The summed E-state index contributed by atoms with van der Waals surface area (Å²) in [4.78, 5) is 36.4. The highest BCUT2D eigenvalue weighted by Crippen LogP contribution is 2.17. The van der Waals surface area contributed by atoms with E-state index in [1.807, 2.05) is 0 Å². The minimum atomic E-state index is -1.00. The number of carbonyl (C=O) groups excluding carboxylic acids is 2. The smallest absolute Gasteiger partial charge is 0.304 e. The van der Waals surface area contributed by atoms with Gasteiger partial charge in [0, 0.05) is 24.6 Å². The average Bonchev–Trinajstić information content (AvgIpc) is 2.59. The van der Waals surface area contributed by atoms with Crippen molar-refractivity contribution in [3.63, 3.8) is 0 Å². The standard InChI is InChI=1S/C17H21NO6/c1-12(10-16(20)21)17(22)13-2-4-14(5-3-13)24-11-15(19)18-6-8-23-9-7-18/h2-5,12H,6-11H2,1H3,(H,20,21). The number of rotatable bonds is 7. The third-order valence-corrected chi connectivity index (χ3v) is 3.79. The van der Waals surface area contributed by atoms with Crippen LogP contribution in [0, 0.1) is 5.92 Å². The summed E-state index contributed by atoms with van der Waals surface area (Å²) in [6.45, 7) is 3.73. The number of carbonyl (C=O) groups is 3. The Hall–Kier alpha value is -2.41. The Bertz CT molecular complexity index is 592. The molecule has 1 aromatic rings. The Labute approximate surface area is 140 Å². The number of aliphatic carboxylic acids is 1. The first-order valence-corrected chi connectivity index (χ1v) is 7.81. The molecule has 0 radical (unpaired) electrons. The average molecular weight is 335 g/mol. The van der Waals surface area contributed by atoms with Crippen LogP contribution < -0.4 is 4.74 Å². The van der Waals surface area contributed by atoms with Gasteiger partial charge >= 0.3 is 5.97 Å². The van der Waals surface area contributed by atoms with Gasteiger partial charge in [-0.3, -0.25) is 14.4 Å². The van der Waals surface area contributed by atoms with E-state index in [0.29, 0.717) is 37.6 Å². The molecule has 7 heteroatoms. The van der Waals surface area contributed by atoms with E-state index in [-0.39, 0.29) is 24.7 Å². The number of carboxylic acids is 1. The fourth-order valence-electron chi connectivity index (χ4n) is 2.40. The normalized spacial score (nSPS) is 15.6. The topological polar surface area (TPSA) is 93.1 Å². The maximum atomic E-state index is 12.1. The van der Waals surface area contributed by atoms with E-state index in [2.05, 4.69) is 0 Å². The van der Waals surface area contributed by atoms with E-state index in [4.69, 9.17) is 14.6 Å². The molecule has 1 atom stereocenters. The van der Waals surface area contributed by atoms with Gasteiger partial charge in [-0.25, -0.2) is 0 Å². The first-order valence-electron chi connectivity index (χ1n) is 7.81. The predicted octanol–water partition coefficient (Wildman–Crippen LogP) is 1.22. The summed E-state index contributed by atoms with van der Waals surface area (Å²) in [5.41, 5.74) is 0.426. The summed E-state index contributed by atoms with van der Waals surface area (Å²) in [6.07, 6.45) is -0.203. The Morgan fingerprint density at radius 2 is 1.83 bits per heavy atom. The van der Waals surface area contributed by atoms with Crippen LogP contribution in [-0.2, 0) is 14.3 Å². The molecule has 1 unspecified atom stereocenters. The van der Waals surface area contributed by atoms with Crippen LogP contribution in [0.1, 0.15) is 23.7 Å². The van der Waals surface area contributed by atoms with Gasteiger partial charge < -0.3 is 19.5 Å². The maximum absolute atomic E-state index is 12.1. The lowest BCUT2D eigenvalue weighted by Gasteiger charge is -2.26. The van der Waals surface area contributed by atoms with Crippen LogP contribution in [0.25, 0.3) is 0 Å². The van der Waals surface area contributed by atoms with Gasteiger partial charge in [0.25, 0.3) is 5.91 Å². The first-order chi connectivity index (χ1) is 11.5. The number of benzene rings is 1. The van der Waals surface area contributed by atoms with E-state index in [1.165, 1.54) is 0 Å². The largest absolute Gasteiger partial charge is 0.484 e. The third-order valence-electron chi connectivity index (χ3n) is 3.79. The molecule has 1 aromatic carbocycles. The van der Waals surface area contributed by atoms with Crippen molar-refractivity contribution >= 4 is 17.7 Å². The van der Waals surface area contributed by atoms with Crippen molar-refractivity contribution in [2.75, 3.05) is 32.9 Å². The lowest BCUT2D eigenvalue weighted by molar-refractivity contribution is -0.138. The molecule has 24 heavy (non-hydrogen) atoms. The molecule has 1 heterocycles. The highest BCUT2D eigenvalue weighted by molar-refractivity contribution is 5.99. The number of nitrogens with zero attached hydrogens (tertiary/aromatic N) is 1. The van der Waals surface area contributed by atoms with Gasteiger partial charge in [0.05, 0.1) is 19.6 Å². The van der Waals surface area contributed by atoms with Crippen molar-refractivity contribution in [2.45, 2.75) is 13.3 Å². The number of carboxylic acid groups (broad SMARTS) is 1. The summed E-state index contributed by atoms with van der Waals surface area (Å²) in [5, 5.41) is 8.74. The molecule has 130 valence electrons. The maximum Gasteiger partial charge on any atom is 0.304 e. The van der Waals surface area contributed by atoms with Gasteiger partial charge in [-0.2, -0.15) is 0 Å². The first kappa shape index (κ1) is 17.9. The number of morpholine rings is 1. The van der Waals surface area contributed by atoms with Gasteiger partial charge in [-0.15, -0.1) is 0 Å². The number of hydrogen-bond donors (Lipinski definition) is 1. The molecule has 7 nitrogen and oxygen atoms in total. The molecule has 1 N–H and O–H groups in total. The van der Waals surface area contributed by atoms with Crippen LogP contribution in [0.15, 0.2) is 24.3 Å². The molecule has 1 aliphatic rings. The fourth-order valence-corrected chi connectivity index (χ4v) is 2.40. The Morgan fingerprint density at radius 3 is 2.42 bits per heavy atom. The summed E-state index contributed by atoms with van der Waals surface area (Å²) < 4.78 is 10.6. The van der Waals surface area contributed by atoms with E-state index in [0.717, 1.165) is 0 Å². The zero-order valence-electron chi connectivity index (χ0n) is 13.6. The number of ether oxygens (including phenoxy) is 2. The van der Waals surface area contributed by atoms with Crippen molar-refractivity contribution in [3.8, 4) is 5.75 Å². The third kappa shape index (κ3) is 5.06. The molecule has 1 saturated heterocycles. The Kier molecular flexibility index (Phi) is 6.31. The van der Waals surface area contributed by atoms with E-state index in [9.17, 15) is 14.4 Å². The molecule has 2 rings (SSSR count). The molecular formula is C17H21NO6. The van der Waals surface area contributed by atoms with Crippen molar-refractivity contribution in [2.24, 2.45) is 5.92 Å². The SMILES string of the molecule is CC(CC(=O)O)C(=O)c1ccc(OCC(=O)N2CCOCC2)cc1. The monoisotopic (exact) mass is 335 g/mol. The molecule has 0 saturated carbocycles. The number of hydrogen-bond acceptors (Lipinski definition) is 5. The molecule has 0 aromatic heterocycles. The van der Waals surface area contributed by atoms with Crippen LogP contribution >= 0.6 is 0 Å². The molecular weight excluding hydrogens is 314 g/mol. The van der Waals surface area contributed by atoms with Crippen molar-refractivity contribution in [1.82, 2.24) is 4.90 Å². The van der Waals surface area contributed by atoms with Crippen LogP contribution in [0.4, 0.5) is 0 Å². The molecule has 1 fully saturated rings. The second-order valence-corrected chi connectivity index (χ2v) is 5.67. The van der Waals surface area contributed by atoms with E-state index < -0.39 is 11.9 Å². The second-order valence-electron chi connectivity index (χ2n) is 5.67. The number of amides is 1. The van der Waals surface area contributed by atoms with Gasteiger partial charge in [0.15, 0.2) is 12.4 Å². The minimum Gasteiger partial charge on any atom is -0.484 e. The Balaban J connectivity index is 1.86. The van der Waals surface area contributed by atoms with Crippen LogP contribution in [-0.4, -0.2) is 60.6 Å². The molecule has 0 spiro atoms. The highest BCUT2D eigenvalue weighted by Gasteiger charge is 2.19. The minimum absolute atomic E-state index is 0.0668.